The first-order valence-corrected chi connectivity index (χ1v) is 8.24. The second-order valence-electron chi connectivity index (χ2n) is 5.52. The van der Waals surface area contributed by atoms with E-state index in [2.05, 4.69) is 25.2 Å². The minimum Gasteiger partial charge on any atom is -0.491 e. The van der Waals surface area contributed by atoms with E-state index in [1.54, 1.807) is 0 Å². The summed E-state index contributed by atoms with van der Waals surface area (Å²) in [5.41, 5.74) is 1.19. The lowest BCUT2D eigenvalue weighted by molar-refractivity contribution is 0.0383. The van der Waals surface area contributed by atoms with Gasteiger partial charge in [-0.25, -0.2) is 0 Å². The third-order valence-corrected chi connectivity index (χ3v) is 3.55. The third-order valence-electron chi connectivity index (χ3n) is 3.55. The van der Waals surface area contributed by atoms with Crippen LogP contribution in [-0.4, -0.2) is 26.4 Å². The number of benzene rings is 1. The number of hydrogen-bond donors (Lipinski definition) is 1. The van der Waals surface area contributed by atoms with E-state index in [4.69, 9.17) is 9.47 Å². The minimum atomic E-state index is 0.331. The molecule has 0 aromatic heterocycles. The Morgan fingerprint density at radius 1 is 1.10 bits per heavy atom. The smallest absolute Gasteiger partial charge is 0.123 e. The predicted molar refractivity (Wildman–Crippen MR) is 88.9 cm³/mol. The van der Waals surface area contributed by atoms with E-state index in [0.717, 1.165) is 18.7 Å². The van der Waals surface area contributed by atoms with Crippen molar-refractivity contribution in [2.24, 2.45) is 0 Å². The van der Waals surface area contributed by atoms with Crippen molar-refractivity contribution >= 4 is 0 Å². The summed E-state index contributed by atoms with van der Waals surface area (Å²) in [5.74, 6) is 0.950. The van der Waals surface area contributed by atoms with Crippen molar-refractivity contribution in [2.45, 2.75) is 58.6 Å². The predicted octanol–water partition coefficient (Wildman–Crippen LogP) is 4.16. The quantitative estimate of drug-likeness (QED) is 0.587. The molecule has 120 valence electrons. The fourth-order valence-electron chi connectivity index (χ4n) is 2.32. The van der Waals surface area contributed by atoms with Gasteiger partial charge in [0.25, 0.3) is 0 Å². The van der Waals surface area contributed by atoms with Crippen LogP contribution in [-0.2, 0) is 11.3 Å². The normalized spacial score (nSPS) is 12.3. The monoisotopic (exact) mass is 293 g/mol. The molecule has 1 N–H and O–H groups in total. The average molecular weight is 293 g/mol. The third kappa shape index (κ3) is 8.08. The van der Waals surface area contributed by atoms with Crippen LogP contribution in [0.15, 0.2) is 24.3 Å². The molecule has 0 amide bonds. The van der Waals surface area contributed by atoms with Gasteiger partial charge in [0, 0.05) is 12.1 Å². The largest absolute Gasteiger partial charge is 0.491 e. The number of hydrogen-bond acceptors (Lipinski definition) is 3. The number of unbranched alkanes of at least 4 members (excludes halogenated alkanes) is 3. The van der Waals surface area contributed by atoms with Crippen LogP contribution in [0, 0.1) is 0 Å². The second-order valence-corrected chi connectivity index (χ2v) is 5.52. The van der Waals surface area contributed by atoms with E-state index in [-0.39, 0.29) is 0 Å². The molecule has 0 saturated heterocycles. The standard InChI is InChI=1S/C18H31NO2/c1-4-5-6-7-10-16(2)20-13-14-21-18-12-9-8-11-17(18)15-19-3/h8-9,11-12,16,19H,4-7,10,13-15H2,1-3H3. The number of ether oxygens (including phenoxy) is 2. The molecule has 3 nitrogen and oxygen atoms in total. The summed E-state index contributed by atoms with van der Waals surface area (Å²) in [6.45, 7) is 6.48. The summed E-state index contributed by atoms with van der Waals surface area (Å²) in [5, 5.41) is 3.16. The summed E-state index contributed by atoms with van der Waals surface area (Å²) in [6, 6.07) is 8.14. The molecule has 0 saturated carbocycles. The molecule has 0 fully saturated rings. The zero-order chi connectivity index (χ0) is 15.3. The molecule has 3 heteroatoms. The van der Waals surface area contributed by atoms with Gasteiger partial charge in [-0.05, 0) is 26.5 Å². The SMILES string of the molecule is CCCCCCC(C)OCCOc1ccccc1CNC. The van der Waals surface area contributed by atoms with Crippen molar-refractivity contribution in [1.29, 1.82) is 0 Å². The van der Waals surface area contributed by atoms with Gasteiger partial charge in [0.1, 0.15) is 12.4 Å². The van der Waals surface area contributed by atoms with E-state index in [9.17, 15) is 0 Å². The highest BCUT2D eigenvalue weighted by molar-refractivity contribution is 5.33. The van der Waals surface area contributed by atoms with Crippen LogP contribution in [0.3, 0.4) is 0 Å². The van der Waals surface area contributed by atoms with E-state index in [1.807, 2.05) is 25.2 Å². The summed E-state index contributed by atoms with van der Waals surface area (Å²) in [6.07, 6.45) is 6.68. The van der Waals surface area contributed by atoms with Crippen molar-refractivity contribution in [3.05, 3.63) is 29.8 Å². The molecule has 0 aliphatic carbocycles. The first kappa shape index (κ1) is 18.0. The van der Waals surface area contributed by atoms with Gasteiger partial charge in [0.05, 0.1) is 12.7 Å². The average Bonchev–Trinajstić information content (AvgIpc) is 2.50. The highest BCUT2D eigenvalue weighted by Gasteiger charge is 2.04. The zero-order valence-corrected chi connectivity index (χ0v) is 13.9. The Hall–Kier alpha value is -1.06. The molecule has 21 heavy (non-hydrogen) atoms. The number of nitrogens with one attached hydrogen (secondary N) is 1. The molecule has 0 aliphatic heterocycles. The minimum absolute atomic E-state index is 0.331. The van der Waals surface area contributed by atoms with Crippen LogP contribution in [0.1, 0.15) is 51.5 Å². The van der Waals surface area contributed by atoms with Gasteiger partial charge in [0.15, 0.2) is 0 Å². The maximum absolute atomic E-state index is 5.82. The molecular formula is C18H31NO2. The van der Waals surface area contributed by atoms with Gasteiger partial charge in [-0.15, -0.1) is 0 Å². The molecule has 1 atom stereocenters. The lowest BCUT2D eigenvalue weighted by atomic mass is 10.1. The van der Waals surface area contributed by atoms with Crippen LogP contribution >= 0.6 is 0 Å². The van der Waals surface area contributed by atoms with Crippen molar-refractivity contribution in [2.75, 3.05) is 20.3 Å². The molecule has 1 rings (SSSR count). The summed E-state index contributed by atoms with van der Waals surface area (Å²) in [7, 11) is 1.94. The van der Waals surface area contributed by atoms with E-state index >= 15 is 0 Å². The lowest BCUT2D eigenvalue weighted by Crippen LogP contribution is -2.15. The summed E-state index contributed by atoms with van der Waals surface area (Å²) >= 11 is 0. The molecule has 0 heterocycles. The summed E-state index contributed by atoms with van der Waals surface area (Å²) in [4.78, 5) is 0. The first-order valence-electron chi connectivity index (χ1n) is 8.24. The van der Waals surface area contributed by atoms with Gasteiger partial charge in [0.2, 0.25) is 0 Å². The van der Waals surface area contributed by atoms with Crippen LogP contribution in [0.2, 0.25) is 0 Å². The van der Waals surface area contributed by atoms with Crippen LogP contribution in [0.5, 0.6) is 5.75 Å². The Bertz CT molecular complexity index is 368. The molecule has 0 aliphatic rings. The highest BCUT2D eigenvalue weighted by Crippen LogP contribution is 2.17. The van der Waals surface area contributed by atoms with Crippen LogP contribution < -0.4 is 10.1 Å². The molecule has 0 spiro atoms. The molecule has 1 aromatic rings. The first-order chi connectivity index (χ1) is 10.3. The van der Waals surface area contributed by atoms with Gasteiger partial charge >= 0.3 is 0 Å². The molecule has 0 radical (unpaired) electrons. The van der Waals surface area contributed by atoms with Crippen molar-refractivity contribution in [3.63, 3.8) is 0 Å². The van der Waals surface area contributed by atoms with Gasteiger partial charge in [-0.1, -0.05) is 50.8 Å². The number of para-hydroxylation sites is 1. The molecular weight excluding hydrogens is 262 g/mol. The Morgan fingerprint density at radius 3 is 2.67 bits per heavy atom. The molecule has 1 unspecified atom stereocenters. The summed E-state index contributed by atoms with van der Waals surface area (Å²) < 4.78 is 11.6. The van der Waals surface area contributed by atoms with Crippen molar-refractivity contribution in [3.8, 4) is 5.75 Å². The van der Waals surface area contributed by atoms with Crippen molar-refractivity contribution < 1.29 is 9.47 Å². The molecule has 0 bridgehead atoms. The second kappa shape index (κ2) is 11.6. The Balaban J connectivity index is 2.16. The van der Waals surface area contributed by atoms with Gasteiger partial charge < -0.3 is 14.8 Å². The van der Waals surface area contributed by atoms with Gasteiger partial charge in [-0.3, -0.25) is 0 Å². The Morgan fingerprint density at radius 2 is 1.90 bits per heavy atom. The van der Waals surface area contributed by atoms with E-state index in [0.29, 0.717) is 19.3 Å². The maximum Gasteiger partial charge on any atom is 0.123 e. The topological polar surface area (TPSA) is 30.5 Å². The van der Waals surface area contributed by atoms with E-state index < -0.39 is 0 Å². The van der Waals surface area contributed by atoms with Crippen LogP contribution in [0.4, 0.5) is 0 Å². The fourth-order valence-corrected chi connectivity index (χ4v) is 2.32. The van der Waals surface area contributed by atoms with E-state index in [1.165, 1.54) is 31.2 Å². The van der Waals surface area contributed by atoms with Crippen LogP contribution in [0.25, 0.3) is 0 Å². The zero-order valence-electron chi connectivity index (χ0n) is 13.9. The van der Waals surface area contributed by atoms with Crippen molar-refractivity contribution in [1.82, 2.24) is 5.32 Å². The molecule has 1 aromatic carbocycles. The fraction of sp³-hybridized carbons (Fsp3) is 0.667. The number of rotatable bonds is 12. The highest BCUT2D eigenvalue weighted by atomic mass is 16.5. The lowest BCUT2D eigenvalue weighted by Gasteiger charge is -2.15. The van der Waals surface area contributed by atoms with Gasteiger partial charge in [-0.2, -0.15) is 0 Å². The Kier molecular flexibility index (Phi) is 9.92. The Labute approximate surface area is 130 Å². The maximum atomic E-state index is 5.82.